The minimum atomic E-state index is -0.535. The van der Waals surface area contributed by atoms with Crippen molar-refractivity contribution in [1.29, 1.82) is 0 Å². The van der Waals surface area contributed by atoms with Gasteiger partial charge < -0.3 is 10.4 Å². The zero-order chi connectivity index (χ0) is 15.3. The van der Waals surface area contributed by atoms with E-state index in [1.807, 2.05) is 24.4 Å². The van der Waals surface area contributed by atoms with Gasteiger partial charge in [-0.15, -0.1) is 0 Å². The molecule has 1 aromatic heterocycles. The van der Waals surface area contributed by atoms with Crippen LogP contribution < -0.4 is 5.32 Å². The maximum absolute atomic E-state index is 10.7. The second-order valence-corrected chi connectivity index (χ2v) is 6.38. The van der Waals surface area contributed by atoms with E-state index < -0.39 is 5.60 Å². The predicted molar refractivity (Wildman–Crippen MR) is 88.4 cm³/mol. The molecule has 0 aliphatic heterocycles. The molecule has 1 aliphatic carbocycles. The molecule has 2 aromatic rings. The Hall–Kier alpha value is -1.65. The molecule has 0 radical (unpaired) electrons. The van der Waals surface area contributed by atoms with E-state index in [0.29, 0.717) is 6.54 Å². The molecule has 1 heterocycles. The normalized spacial score (nSPS) is 18.0. The summed E-state index contributed by atoms with van der Waals surface area (Å²) < 4.78 is 0. The summed E-state index contributed by atoms with van der Waals surface area (Å²) in [6, 6.07) is 10.2. The number of benzene rings is 1. The van der Waals surface area contributed by atoms with Gasteiger partial charge in [-0.2, -0.15) is 5.10 Å². The SMILES string of the molecule is OC1(CNCc2cn[nH]c2-c2ccccc2)CCCCCC1. The van der Waals surface area contributed by atoms with Gasteiger partial charge in [0.25, 0.3) is 0 Å². The third-order valence-electron chi connectivity index (χ3n) is 4.58. The lowest BCUT2D eigenvalue weighted by Crippen LogP contribution is -2.39. The van der Waals surface area contributed by atoms with Crippen LogP contribution in [0, 0.1) is 0 Å². The van der Waals surface area contributed by atoms with Crippen molar-refractivity contribution >= 4 is 0 Å². The van der Waals surface area contributed by atoms with Gasteiger partial charge in [0.2, 0.25) is 0 Å². The number of H-pyrrole nitrogens is 1. The van der Waals surface area contributed by atoms with Crippen LogP contribution in [-0.4, -0.2) is 27.4 Å². The molecule has 4 nitrogen and oxygen atoms in total. The third kappa shape index (κ3) is 3.76. The summed E-state index contributed by atoms with van der Waals surface area (Å²) in [5, 5.41) is 21.4. The monoisotopic (exact) mass is 299 g/mol. The van der Waals surface area contributed by atoms with Crippen molar-refractivity contribution in [3.8, 4) is 11.3 Å². The number of hydrogen-bond donors (Lipinski definition) is 3. The van der Waals surface area contributed by atoms with E-state index in [4.69, 9.17) is 0 Å². The van der Waals surface area contributed by atoms with Crippen LogP contribution in [0.5, 0.6) is 0 Å². The van der Waals surface area contributed by atoms with Crippen LogP contribution in [0.15, 0.2) is 36.5 Å². The van der Waals surface area contributed by atoms with Gasteiger partial charge in [0.05, 0.1) is 17.5 Å². The van der Waals surface area contributed by atoms with E-state index in [1.165, 1.54) is 12.8 Å². The number of rotatable bonds is 5. The second-order valence-electron chi connectivity index (χ2n) is 6.38. The molecule has 3 N–H and O–H groups in total. The molecule has 0 unspecified atom stereocenters. The van der Waals surface area contributed by atoms with Gasteiger partial charge in [-0.3, -0.25) is 5.10 Å². The molecule has 0 atom stereocenters. The van der Waals surface area contributed by atoms with Crippen molar-refractivity contribution in [3.05, 3.63) is 42.1 Å². The molecular formula is C18H25N3O. The molecule has 0 amide bonds. The molecule has 1 saturated carbocycles. The van der Waals surface area contributed by atoms with Gasteiger partial charge in [0.1, 0.15) is 0 Å². The van der Waals surface area contributed by atoms with Gasteiger partial charge in [-0.05, 0) is 18.4 Å². The Morgan fingerprint density at radius 1 is 1.09 bits per heavy atom. The van der Waals surface area contributed by atoms with Gasteiger partial charge in [-0.25, -0.2) is 0 Å². The average molecular weight is 299 g/mol. The van der Waals surface area contributed by atoms with E-state index in [-0.39, 0.29) is 0 Å². The fourth-order valence-electron chi connectivity index (χ4n) is 3.29. The van der Waals surface area contributed by atoms with Crippen molar-refractivity contribution in [1.82, 2.24) is 15.5 Å². The molecule has 4 heteroatoms. The largest absolute Gasteiger partial charge is 0.389 e. The fraction of sp³-hybridized carbons (Fsp3) is 0.500. The number of aromatic amines is 1. The third-order valence-corrected chi connectivity index (χ3v) is 4.58. The molecule has 0 spiro atoms. The molecule has 1 fully saturated rings. The Morgan fingerprint density at radius 2 is 1.82 bits per heavy atom. The molecule has 0 bridgehead atoms. The minimum Gasteiger partial charge on any atom is -0.389 e. The first-order valence-electron chi connectivity index (χ1n) is 8.28. The topological polar surface area (TPSA) is 60.9 Å². The highest BCUT2D eigenvalue weighted by molar-refractivity contribution is 5.62. The lowest BCUT2D eigenvalue weighted by molar-refractivity contribution is 0.0250. The van der Waals surface area contributed by atoms with Crippen molar-refractivity contribution < 1.29 is 5.11 Å². The summed E-state index contributed by atoms with van der Waals surface area (Å²) in [6.45, 7) is 1.38. The van der Waals surface area contributed by atoms with E-state index in [0.717, 1.165) is 49.0 Å². The molecule has 22 heavy (non-hydrogen) atoms. The zero-order valence-corrected chi connectivity index (χ0v) is 13.0. The first-order valence-corrected chi connectivity index (χ1v) is 8.28. The molecular weight excluding hydrogens is 274 g/mol. The van der Waals surface area contributed by atoms with E-state index in [9.17, 15) is 5.11 Å². The Morgan fingerprint density at radius 3 is 2.55 bits per heavy atom. The summed E-state index contributed by atoms with van der Waals surface area (Å²) in [4.78, 5) is 0. The first kappa shape index (κ1) is 15.3. The molecule has 1 aliphatic rings. The smallest absolute Gasteiger partial charge is 0.0771 e. The Kier molecular flexibility index (Phi) is 4.90. The highest BCUT2D eigenvalue weighted by Gasteiger charge is 2.27. The van der Waals surface area contributed by atoms with E-state index in [1.54, 1.807) is 0 Å². The minimum absolute atomic E-state index is 0.535. The summed E-state index contributed by atoms with van der Waals surface area (Å²) in [7, 11) is 0. The summed E-state index contributed by atoms with van der Waals surface area (Å²) in [6.07, 6.45) is 8.48. The Bertz CT molecular complexity index is 571. The lowest BCUT2D eigenvalue weighted by Gasteiger charge is -2.27. The van der Waals surface area contributed by atoms with Crippen LogP contribution in [0.3, 0.4) is 0 Å². The number of nitrogens with one attached hydrogen (secondary N) is 2. The van der Waals surface area contributed by atoms with Crippen LogP contribution in [0.4, 0.5) is 0 Å². The standard InChI is InChI=1S/C18H25N3O/c22-18(10-6-1-2-7-11-18)14-19-12-16-13-20-21-17(16)15-8-4-3-5-9-15/h3-5,8-9,13,19,22H,1-2,6-7,10-12,14H2,(H,20,21). The van der Waals surface area contributed by atoms with Gasteiger partial charge in [0, 0.05) is 18.7 Å². The van der Waals surface area contributed by atoms with Crippen molar-refractivity contribution in [2.75, 3.05) is 6.54 Å². The quantitative estimate of drug-likeness (QED) is 0.743. The van der Waals surface area contributed by atoms with Crippen LogP contribution >= 0.6 is 0 Å². The van der Waals surface area contributed by atoms with Crippen LogP contribution in [0.2, 0.25) is 0 Å². The summed E-state index contributed by atoms with van der Waals surface area (Å²) in [5.41, 5.74) is 2.81. The van der Waals surface area contributed by atoms with Gasteiger partial charge in [-0.1, -0.05) is 56.0 Å². The molecule has 0 saturated heterocycles. The van der Waals surface area contributed by atoms with Gasteiger partial charge in [0.15, 0.2) is 0 Å². The fourth-order valence-corrected chi connectivity index (χ4v) is 3.29. The van der Waals surface area contributed by atoms with Crippen molar-refractivity contribution in [2.24, 2.45) is 0 Å². The lowest BCUT2D eigenvalue weighted by atomic mass is 9.94. The van der Waals surface area contributed by atoms with E-state index >= 15 is 0 Å². The zero-order valence-electron chi connectivity index (χ0n) is 13.0. The maximum Gasteiger partial charge on any atom is 0.0771 e. The van der Waals surface area contributed by atoms with Crippen LogP contribution in [0.25, 0.3) is 11.3 Å². The van der Waals surface area contributed by atoms with Crippen LogP contribution in [-0.2, 0) is 6.54 Å². The predicted octanol–water partition coefficient (Wildman–Crippen LogP) is 3.25. The van der Waals surface area contributed by atoms with Crippen molar-refractivity contribution in [2.45, 2.75) is 50.7 Å². The number of aliphatic hydroxyl groups is 1. The van der Waals surface area contributed by atoms with Gasteiger partial charge >= 0.3 is 0 Å². The number of aromatic nitrogens is 2. The molecule has 118 valence electrons. The van der Waals surface area contributed by atoms with E-state index in [2.05, 4.69) is 27.6 Å². The Labute approximate surface area is 132 Å². The van der Waals surface area contributed by atoms with Crippen LogP contribution in [0.1, 0.15) is 44.1 Å². The molecule has 3 rings (SSSR count). The first-order chi connectivity index (χ1) is 10.8. The molecule has 1 aromatic carbocycles. The summed E-state index contributed by atoms with van der Waals surface area (Å²) in [5.74, 6) is 0. The van der Waals surface area contributed by atoms with Crippen molar-refractivity contribution in [3.63, 3.8) is 0 Å². The summed E-state index contributed by atoms with van der Waals surface area (Å²) >= 11 is 0. The number of hydrogen-bond acceptors (Lipinski definition) is 3. The number of nitrogens with zero attached hydrogens (tertiary/aromatic N) is 1. The highest BCUT2D eigenvalue weighted by Crippen LogP contribution is 2.26. The maximum atomic E-state index is 10.7. The Balaban J connectivity index is 1.59. The second kappa shape index (κ2) is 7.07. The average Bonchev–Trinajstić information content (AvgIpc) is 2.90. The highest BCUT2D eigenvalue weighted by atomic mass is 16.3.